The molecule has 1 aromatic rings. The van der Waals surface area contributed by atoms with E-state index < -0.39 is 0 Å². The third-order valence-electron chi connectivity index (χ3n) is 4.55. The minimum atomic E-state index is -0.109. The number of hydrogen-bond donors (Lipinski definition) is 2. The average Bonchev–Trinajstić information content (AvgIpc) is 3.06. The second kappa shape index (κ2) is 6.48. The highest BCUT2D eigenvalue weighted by molar-refractivity contribution is 5.81. The van der Waals surface area contributed by atoms with E-state index in [-0.39, 0.29) is 11.9 Å². The Balaban J connectivity index is 1.61. The van der Waals surface area contributed by atoms with Crippen molar-refractivity contribution in [1.29, 1.82) is 0 Å². The van der Waals surface area contributed by atoms with Gasteiger partial charge in [0, 0.05) is 31.9 Å². The van der Waals surface area contributed by atoms with E-state index in [1.165, 1.54) is 23.2 Å². The number of benzene rings is 1. The Morgan fingerprint density at radius 2 is 2.14 bits per heavy atom. The van der Waals surface area contributed by atoms with Gasteiger partial charge >= 0.3 is 0 Å². The fourth-order valence-corrected chi connectivity index (χ4v) is 3.29. The number of amides is 1. The predicted octanol–water partition coefficient (Wildman–Crippen LogP) is 2.15. The molecule has 2 aliphatic rings. The number of likely N-dealkylation sites (tertiary alicyclic amines) is 1. The summed E-state index contributed by atoms with van der Waals surface area (Å²) in [6.07, 6.45) is 4.65. The predicted molar refractivity (Wildman–Crippen MR) is 85.4 cm³/mol. The molecule has 1 amide bonds. The van der Waals surface area contributed by atoms with Crippen LogP contribution in [0.25, 0.3) is 0 Å². The SMILES string of the molecule is CC(NCc1cccc2c1NCCC2)C(=O)N1CCCC1. The Morgan fingerprint density at radius 1 is 1.33 bits per heavy atom. The number of carbonyl (C=O) groups is 1. The molecule has 4 heteroatoms. The van der Waals surface area contributed by atoms with Gasteiger partial charge in [-0.3, -0.25) is 4.79 Å². The second-order valence-electron chi connectivity index (χ2n) is 6.12. The number of aryl methyl sites for hydroxylation is 1. The standard InChI is InChI=1S/C17H25N3O/c1-13(17(21)20-10-2-3-11-20)19-12-15-7-4-6-14-8-5-9-18-16(14)15/h4,6-7,13,18-19H,2-3,5,8-12H2,1H3. The molecule has 0 aromatic heterocycles. The van der Waals surface area contributed by atoms with Crippen molar-refractivity contribution in [3.63, 3.8) is 0 Å². The van der Waals surface area contributed by atoms with E-state index >= 15 is 0 Å². The first kappa shape index (κ1) is 14.4. The highest BCUT2D eigenvalue weighted by Gasteiger charge is 2.23. The molecule has 3 rings (SSSR count). The molecule has 1 aromatic carbocycles. The normalized spacial score (nSPS) is 19.0. The first-order chi connectivity index (χ1) is 10.3. The molecule has 2 aliphatic heterocycles. The number of para-hydroxylation sites is 1. The van der Waals surface area contributed by atoms with Gasteiger partial charge in [0.25, 0.3) is 0 Å². The van der Waals surface area contributed by atoms with E-state index in [0.29, 0.717) is 0 Å². The molecule has 21 heavy (non-hydrogen) atoms. The van der Waals surface area contributed by atoms with E-state index in [0.717, 1.165) is 45.4 Å². The lowest BCUT2D eigenvalue weighted by atomic mass is 9.99. The van der Waals surface area contributed by atoms with Gasteiger partial charge in [-0.1, -0.05) is 18.2 Å². The summed E-state index contributed by atoms with van der Waals surface area (Å²) in [5.74, 6) is 0.241. The fourth-order valence-electron chi connectivity index (χ4n) is 3.29. The Labute approximate surface area is 126 Å². The summed E-state index contributed by atoms with van der Waals surface area (Å²) in [7, 11) is 0. The molecule has 4 nitrogen and oxygen atoms in total. The molecule has 2 N–H and O–H groups in total. The molecule has 0 bridgehead atoms. The quantitative estimate of drug-likeness (QED) is 0.892. The van der Waals surface area contributed by atoms with Gasteiger partial charge in [0.1, 0.15) is 0 Å². The molecular formula is C17H25N3O. The number of carbonyl (C=O) groups excluding carboxylic acids is 1. The van der Waals surface area contributed by atoms with Crippen LogP contribution in [-0.4, -0.2) is 36.5 Å². The van der Waals surface area contributed by atoms with Crippen molar-refractivity contribution in [2.45, 2.75) is 45.2 Å². The van der Waals surface area contributed by atoms with Crippen LogP contribution in [0.4, 0.5) is 5.69 Å². The zero-order valence-electron chi connectivity index (χ0n) is 12.8. The Kier molecular flexibility index (Phi) is 4.44. The van der Waals surface area contributed by atoms with Gasteiger partial charge in [0.15, 0.2) is 0 Å². The molecular weight excluding hydrogens is 262 g/mol. The molecule has 1 unspecified atom stereocenters. The van der Waals surface area contributed by atoms with Gasteiger partial charge < -0.3 is 15.5 Å². The Morgan fingerprint density at radius 3 is 2.95 bits per heavy atom. The van der Waals surface area contributed by atoms with E-state index in [4.69, 9.17) is 0 Å². The first-order valence-electron chi connectivity index (χ1n) is 8.12. The molecule has 2 heterocycles. The van der Waals surface area contributed by atoms with Crippen LogP contribution in [0.5, 0.6) is 0 Å². The van der Waals surface area contributed by atoms with Crippen molar-refractivity contribution >= 4 is 11.6 Å². The van der Waals surface area contributed by atoms with Gasteiger partial charge in [-0.2, -0.15) is 0 Å². The molecule has 1 saturated heterocycles. The minimum absolute atomic E-state index is 0.109. The van der Waals surface area contributed by atoms with Gasteiger partial charge in [-0.15, -0.1) is 0 Å². The number of anilines is 1. The lowest BCUT2D eigenvalue weighted by Gasteiger charge is -2.24. The summed E-state index contributed by atoms with van der Waals surface area (Å²) in [6.45, 7) is 5.62. The fraction of sp³-hybridized carbons (Fsp3) is 0.588. The highest BCUT2D eigenvalue weighted by Crippen LogP contribution is 2.26. The molecule has 1 atom stereocenters. The summed E-state index contributed by atoms with van der Waals surface area (Å²) in [5, 5.41) is 6.90. The van der Waals surface area contributed by atoms with Crippen molar-refractivity contribution in [2.24, 2.45) is 0 Å². The molecule has 0 saturated carbocycles. The van der Waals surface area contributed by atoms with E-state index in [2.05, 4.69) is 28.8 Å². The topological polar surface area (TPSA) is 44.4 Å². The van der Waals surface area contributed by atoms with Crippen molar-refractivity contribution in [2.75, 3.05) is 25.0 Å². The van der Waals surface area contributed by atoms with E-state index in [1.807, 2.05) is 11.8 Å². The van der Waals surface area contributed by atoms with Gasteiger partial charge in [-0.25, -0.2) is 0 Å². The maximum atomic E-state index is 12.3. The molecule has 0 aliphatic carbocycles. The number of hydrogen-bond acceptors (Lipinski definition) is 3. The van der Waals surface area contributed by atoms with Gasteiger partial charge in [-0.05, 0) is 43.7 Å². The van der Waals surface area contributed by atoms with Gasteiger partial charge in [0.05, 0.1) is 6.04 Å². The van der Waals surface area contributed by atoms with Crippen molar-refractivity contribution in [3.05, 3.63) is 29.3 Å². The van der Waals surface area contributed by atoms with Crippen LogP contribution in [0.2, 0.25) is 0 Å². The number of fused-ring (bicyclic) bond motifs is 1. The number of nitrogens with one attached hydrogen (secondary N) is 2. The Hall–Kier alpha value is -1.55. The lowest BCUT2D eigenvalue weighted by Crippen LogP contribution is -2.43. The molecule has 114 valence electrons. The van der Waals surface area contributed by atoms with Crippen LogP contribution in [0.1, 0.15) is 37.3 Å². The van der Waals surface area contributed by atoms with Crippen LogP contribution < -0.4 is 10.6 Å². The lowest BCUT2D eigenvalue weighted by molar-refractivity contribution is -0.131. The van der Waals surface area contributed by atoms with Crippen LogP contribution >= 0.6 is 0 Å². The van der Waals surface area contributed by atoms with Crippen LogP contribution in [0.15, 0.2) is 18.2 Å². The first-order valence-corrected chi connectivity index (χ1v) is 8.12. The van der Waals surface area contributed by atoms with Crippen LogP contribution in [-0.2, 0) is 17.8 Å². The largest absolute Gasteiger partial charge is 0.385 e. The molecule has 0 radical (unpaired) electrons. The Bertz CT molecular complexity index is 509. The molecule has 0 spiro atoms. The summed E-state index contributed by atoms with van der Waals surface area (Å²) in [6, 6.07) is 6.36. The van der Waals surface area contributed by atoms with Crippen molar-refractivity contribution in [3.8, 4) is 0 Å². The zero-order chi connectivity index (χ0) is 14.7. The van der Waals surface area contributed by atoms with Crippen LogP contribution in [0, 0.1) is 0 Å². The average molecular weight is 287 g/mol. The zero-order valence-corrected chi connectivity index (χ0v) is 12.8. The van der Waals surface area contributed by atoms with Crippen LogP contribution in [0.3, 0.4) is 0 Å². The van der Waals surface area contributed by atoms with Crippen molar-refractivity contribution in [1.82, 2.24) is 10.2 Å². The number of nitrogens with zero attached hydrogens (tertiary/aromatic N) is 1. The summed E-state index contributed by atoms with van der Waals surface area (Å²) in [4.78, 5) is 14.3. The van der Waals surface area contributed by atoms with Gasteiger partial charge in [0.2, 0.25) is 5.91 Å². The van der Waals surface area contributed by atoms with E-state index in [1.54, 1.807) is 0 Å². The minimum Gasteiger partial charge on any atom is -0.385 e. The maximum Gasteiger partial charge on any atom is 0.239 e. The van der Waals surface area contributed by atoms with E-state index in [9.17, 15) is 4.79 Å². The highest BCUT2D eigenvalue weighted by atomic mass is 16.2. The summed E-state index contributed by atoms with van der Waals surface area (Å²) >= 11 is 0. The third-order valence-corrected chi connectivity index (χ3v) is 4.55. The van der Waals surface area contributed by atoms with Crippen molar-refractivity contribution < 1.29 is 4.79 Å². The molecule has 1 fully saturated rings. The number of rotatable bonds is 4. The monoisotopic (exact) mass is 287 g/mol. The maximum absolute atomic E-state index is 12.3. The smallest absolute Gasteiger partial charge is 0.239 e. The summed E-state index contributed by atoms with van der Waals surface area (Å²) < 4.78 is 0. The second-order valence-corrected chi connectivity index (χ2v) is 6.12. The summed E-state index contributed by atoms with van der Waals surface area (Å²) in [5.41, 5.74) is 3.95. The third kappa shape index (κ3) is 3.21.